The second kappa shape index (κ2) is 6.30. The van der Waals surface area contributed by atoms with E-state index in [9.17, 15) is 9.18 Å². The predicted molar refractivity (Wildman–Crippen MR) is 62.2 cm³/mol. The number of aromatic nitrogens is 1. The van der Waals surface area contributed by atoms with Crippen molar-refractivity contribution in [3.8, 4) is 0 Å². The largest absolute Gasteiger partial charge is 0.377 e. The lowest BCUT2D eigenvalue weighted by molar-refractivity contribution is 0.0528. The monoisotopic (exact) mass is 240 g/mol. The first-order valence-corrected chi connectivity index (χ1v) is 5.50. The molecule has 0 unspecified atom stereocenters. The number of hydrogen-bond donors (Lipinski definition) is 0. The second-order valence-corrected chi connectivity index (χ2v) is 3.99. The summed E-state index contributed by atoms with van der Waals surface area (Å²) in [6, 6.07) is 4.16. The smallest absolute Gasteiger partial charge is 0.272 e. The van der Waals surface area contributed by atoms with Gasteiger partial charge in [-0.25, -0.2) is 4.98 Å². The van der Waals surface area contributed by atoms with Crippen molar-refractivity contribution in [1.82, 2.24) is 9.88 Å². The molecule has 0 radical (unpaired) electrons. The van der Waals surface area contributed by atoms with E-state index < -0.39 is 5.95 Å². The average molecular weight is 240 g/mol. The molecule has 0 saturated carbocycles. The number of nitrogens with zero attached hydrogens (tertiary/aromatic N) is 2. The van der Waals surface area contributed by atoms with Gasteiger partial charge in [-0.05, 0) is 26.0 Å². The number of rotatable bonds is 5. The molecular formula is C12H17FN2O2. The minimum Gasteiger partial charge on any atom is -0.377 e. The average Bonchev–Trinajstić information content (AvgIpc) is 2.27. The summed E-state index contributed by atoms with van der Waals surface area (Å²) in [6.45, 7) is 4.76. The van der Waals surface area contributed by atoms with Crippen LogP contribution in [-0.4, -0.2) is 42.1 Å². The summed E-state index contributed by atoms with van der Waals surface area (Å²) >= 11 is 0. The molecular weight excluding hydrogens is 223 g/mol. The Kier molecular flexibility index (Phi) is 5.03. The molecule has 0 saturated heterocycles. The lowest BCUT2D eigenvalue weighted by atomic mass is 10.3. The summed E-state index contributed by atoms with van der Waals surface area (Å²) in [5.74, 6) is -0.959. The van der Waals surface area contributed by atoms with Crippen LogP contribution in [0.4, 0.5) is 4.39 Å². The molecule has 1 rings (SSSR count). The summed E-state index contributed by atoms with van der Waals surface area (Å²) in [7, 11) is 1.64. The third-order valence-corrected chi connectivity index (χ3v) is 2.16. The van der Waals surface area contributed by atoms with E-state index in [1.165, 1.54) is 23.1 Å². The highest BCUT2D eigenvalue weighted by Crippen LogP contribution is 2.02. The molecule has 1 aromatic rings. The van der Waals surface area contributed by atoms with E-state index in [1.807, 2.05) is 13.8 Å². The standard InChI is InChI=1S/C12H17FN2O2/c1-9(2)17-8-7-15(3)12(16)10-5-4-6-11(13)14-10/h4-6,9H,7-8H2,1-3H3. The Labute approximate surface area is 100 Å². The highest BCUT2D eigenvalue weighted by atomic mass is 19.1. The van der Waals surface area contributed by atoms with E-state index in [4.69, 9.17) is 4.74 Å². The summed E-state index contributed by atoms with van der Waals surface area (Å²) in [4.78, 5) is 16.8. The fourth-order valence-electron chi connectivity index (χ4n) is 1.25. The Balaban J connectivity index is 2.52. The summed E-state index contributed by atoms with van der Waals surface area (Å²) in [5, 5.41) is 0. The summed E-state index contributed by atoms with van der Waals surface area (Å²) < 4.78 is 18.2. The zero-order valence-electron chi connectivity index (χ0n) is 10.3. The van der Waals surface area contributed by atoms with Gasteiger partial charge < -0.3 is 9.64 Å². The first-order chi connectivity index (χ1) is 8.00. The van der Waals surface area contributed by atoms with Crippen molar-refractivity contribution in [2.24, 2.45) is 0 Å². The van der Waals surface area contributed by atoms with Gasteiger partial charge in [-0.2, -0.15) is 4.39 Å². The van der Waals surface area contributed by atoms with Crippen molar-refractivity contribution >= 4 is 5.91 Å². The Morgan fingerprint density at radius 2 is 2.24 bits per heavy atom. The maximum Gasteiger partial charge on any atom is 0.272 e. The first kappa shape index (κ1) is 13.6. The van der Waals surface area contributed by atoms with Crippen LogP contribution in [0.3, 0.4) is 0 Å². The van der Waals surface area contributed by atoms with Gasteiger partial charge in [0.15, 0.2) is 0 Å². The van der Waals surface area contributed by atoms with Crippen molar-refractivity contribution in [1.29, 1.82) is 0 Å². The van der Waals surface area contributed by atoms with Gasteiger partial charge in [-0.15, -0.1) is 0 Å². The fraction of sp³-hybridized carbons (Fsp3) is 0.500. The molecule has 0 N–H and O–H groups in total. The van der Waals surface area contributed by atoms with Gasteiger partial charge in [0.1, 0.15) is 5.69 Å². The van der Waals surface area contributed by atoms with E-state index in [0.29, 0.717) is 13.2 Å². The molecule has 0 aliphatic rings. The molecule has 94 valence electrons. The van der Waals surface area contributed by atoms with Gasteiger partial charge in [0.05, 0.1) is 12.7 Å². The molecule has 1 aromatic heterocycles. The number of hydrogen-bond acceptors (Lipinski definition) is 3. The van der Waals surface area contributed by atoms with Crippen LogP contribution in [0.1, 0.15) is 24.3 Å². The maximum atomic E-state index is 12.8. The van der Waals surface area contributed by atoms with Crippen LogP contribution < -0.4 is 0 Å². The lowest BCUT2D eigenvalue weighted by Crippen LogP contribution is -2.31. The molecule has 0 fully saturated rings. The van der Waals surface area contributed by atoms with Crippen molar-refractivity contribution in [2.45, 2.75) is 20.0 Å². The number of amides is 1. The van der Waals surface area contributed by atoms with Gasteiger partial charge in [-0.3, -0.25) is 4.79 Å². The Morgan fingerprint density at radius 1 is 1.53 bits per heavy atom. The topological polar surface area (TPSA) is 42.4 Å². The van der Waals surface area contributed by atoms with E-state index in [-0.39, 0.29) is 17.7 Å². The molecule has 4 nitrogen and oxygen atoms in total. The van der Waals surface area contributed by atoms with Gasteiger partial charge in [0.2, 0.25) is 5.95 Å². The van der Waals surface area contributed by atoms with Crippen molar-refractivity contribution in [3.63, 3.8) is 0 Å². The van der Waals surface area contributed by atoms with Crippen molar-refractivity contribution in [3.05, 3.63) is 29.8 Å². The van der Waals surface area contributed by atoms with E-state index >= 15 is 0 Å². The first-order valence-electron chi connectivity index (χ1n) is 5.50. The van der Waals surface area contributed by atoms with Crippen molar-refractivity contribution < 1.29 is 13.9 Å². The Hall–Kier alpha value is -1.49. The molecule has 0 aromatic carbocycles. The van der Waals surface area contributed by atoms with Crippen LogP contribution in [0.15, 0.2) is 18.2 Å². The Morgan fingerprint density at radius 3 is 2.82 bits per heavy atom. The van der Waals surface area contributed by atoms with E-state index in [1.54, 1.807) is 7.05 Å². The van der Waals surface area contributed by atoms with Crippen LogP contribution in [0.5, 0.6) is 0 Å². The zero-order valence-corrected chi connectivity index (χ0v) is 10.3. The number of ether oxygens (including phenoxy) is 1. The van der Waals surface area contributed by atoms with E-state index in [2.05, 4.69) is 4.98 Å². The second-order valence-electron chi connectivity index (χ2n) is 3.99. The molecule has 0 aliphatic heterocycles. The van der Waals surface area contributed by atoms with Gasteiger partial charge >= 0.3 is 0 Å². The minimum absolute atomic E-state index is 0.108. The van der Waals surface area contributed by atoms with Crippen LogP contribution in [0, 0.1) is 5.95 Å². The summed E-state index contributed by atoms with van der Waals surface area (Å²) in [5.41, 5.74) is 0.108. The predicted octanol–water partition coefficient (Wildman–Crippen LogP) is 1.72. The number of halogens is 1. The molecule has 0 bridgehead atoms. The van der Waals surface area contributed by atoms with Crippen LogP contribution in [0.25, 0.3) is 0 Å². The van der Waals surface area contributed by atoms with Crippen LogP contribution in [-0.2, 0) is 4.74 Å². The lowest BCUT2D eigenvalue weighted by Gasteiger charge is -2.17. The van der Waals surface area contributed by atoms with Crippen molar-refractivity contribution in [2.75, 3.05) is 20.2 Å². The highest BCUT2D eigenvalue weighted by Gasteiger charge is 2.13. The fourth-order valence-corrected chi connectivity index (χ4v) is 1.25. The number of likely N-dealkylation sites (N-methyl/N-ethyl adjacent to an activating group) is 1. The zero-order chi connectivity index (χ0) is 12.8. The van der Waals surface area contributed by atoms with Gasteiger partial charge in [0.25, 0.3) is 5.91 Å². The molecule has 17 heavy (non-hydrogen) atoms. The third kappa shape index (κ3) is 4.48. The molecule has 0 aliphatic carbocycles. The molecule has 0 spiro atoms. The molecule has 0 atom stereocenters. The quantitative estimate of drug-likeness (QED) is 0.736. The highest BCUT2D eigenvalue weighted by molar-refractivity contribution is 5.92. The SMILES string of the molecule is CC(C)OCCN(C)C(=O)c1cccc(F)n1. The third-order valence-electron chi connectivity index (χ3n) is 2.16. The molecule has 5 heteroatoms. The van der Waals surface area contributed by atoms with Crippen LogP contribution in [0.2, 0.25) is 0 Å². The number of carbonyl (C=O) groups excluding carboxylic acids is 1. The maximum absolute atomic E-state index is 12.8. The number of carbonyl (C=O) groups is 1. The molecule has 1 amide bonds. The van der Waals surface area contributed by atoms with Gasteiger partial charge in [0, 0.05) is 13.6 Å². The number of pyridine rings is 1. The Bertz CT molecular complexity index is 383. The summed E-state index contributed by atoms with van der Waals surface area (Å²) in [6.07, 6.45) is 0.130. The normalized spacial score (nSPS) is 10.6. The van der Waals surface area contributed by atoms with E-state index in [0.717, 1.165) is 0 Å². The minimum atomic E-state index is -0.650. The van der Waals surface area contributed by atoms with Crippen LogP contribution >= 0.6 is 0 Å². The van der Waals surface area contributed by atoms with Gasteiger partial charge in [-0.1, -0.05) is 6.07 Å². The molecule has 1 heterocycles.